The fourth-order valence-electron chi connectivity index (χ4n) is 3.67. The van der Waals surface area contributed by atoms with Gasteiger partial charge in [-0.25, -0.2) is 0 Å². The van der Waals surface area contributed by atoms with E-state index in [0.29, 0.717) is 17.5 Å². The van der Waals surface area contributed by atoms with Crippen molar-refractivity contribution >= 4 is 5.78 Å². The van der Waals surface area contributed by atoms with Crippen molar-refractivity contribution in [1.29, 1.82) is 0 Å². The molecule has 6 heteroatoms. The maximum Gasteiger partial charge on any atom is 0.157 e. The lowest BCUT2D eigenvalue weighted by Crippen LogP contribution is -2.46. The summed E-state index contributed by atoms with van der Waals surface area (Å²) in [5.41, 5.74) is 0.243. The Morgan fingerprint density at radius 3 is 2.83 bits per heavy atom. The van der Waals surface area contributed by atoms with Crippen molar-refractivity contribution in [3.05, 3.63) is 17.5 Å². The topological polar surface area (TPSA) is 75.8 Å². The van der Waals surface area contributed by atoms with E-state index in [4.69, 9.17) is 9.26 Å². The number of aliphatic hydroxyl groups is 1. The van der Waals surface area contributed by atoms with Gasteiger partial charge in [-0.3, -0.25) is 9.69 Å². The first kappa shape index (κ1) is 17.6. The van der Waals surface area contributed by atoms with Gasteiger partial charge in [0.25, 0.3) is 0 Å². The molecular formula is C18H28N2O4. The number of ketones is 1. The van der Waals surface area contributed by atoms with E-state index in [0.717, 1.165) is 45.4 Å². The highest BCUT2D eigenvalue weighted by Crippen LogP contribution is 2.27. The van der Waals surface area contributed by atoms with E-state index in [2.05, 4.69) is 10.1 Å². The zero-order chi connectivity index (χ0) is 17.2. The minimum Gasteiger partial charge on any atom is -0.395 e. The van der Waals surface area contributed by atoms with Gasteiger partial charge in [0.1, 0.15) is 5.76 Å². The second-order valence-electron chi connectivity index (χ2n) is 7.60. The molecule has 1 atom stereocenters. The summed E-state index contributed by atoms with van der Waals surface area (Å²) in [7, 11) is 0. The Hall–Kier alpha value is -1.24. The maximum absolute atomic E-state index is 12.8. The van der Waals surface area contributed by atoms with Gasteiger partial charge in [0.2, 0.25) is 0 Å². The van der Waals surface area contributed by atoms with Crippen LogP contribution < -0.4 is 0 Å². The highest BCUT2D eigenvalue weighted by molar-refractivity contribution is 5.86. The number of carbonyl (C=O) groups excluding carboxylic acids is 1. The minimum atomic E-state index is -0.452. The van der Waals surface area contributed by atoms with Crippen LogP contribution in [0.4, 0.5) is 0 Å². The average Bonchev–Trinajstić information content (AvgIpc) is 3.25. The molecule has 1 aromatic heterocycles. The van der Waals surface area contributed by atoms with Gasteiger partial charge < -0.3 is 14.4 Å². The molecule has 1 N–H and O–H groups in total. The molecule has 3 heterocycles. The van der Waals surface area contributed by atoms with Gasteiger partial charge >= 0.3 is 0 Å². The molecule has 24 heavy (non-hydrogen) atoms. The van der Waals surface area contributed by atoms with Crippen molar-refractivity contribution in [3.8, 4) is 0 Å². The Morgan fingerprint density at radius 2 is 2.12 bits per heavy atom. The highest BCUT2D eigenvalue weighted by atomic mass is 16.5. The number of aliphatic hydroxyl groups excluding tert-OH is 1. The molecule has 1 aromatic rings. The van der Waals surface area contributed by atoms with Gasteiger partial charge in [0, 0.05) is 30.7 Å². The van der Waals surface area contributed by atoms with Crippen LogP contribution in [-0.4, -0.2) is 59.4 Å². The predicted molar refractivity (Wildman–Crippen MR) is 88.9 cm³/mol. The van der Waals surface area contributed by atoms with E-state index in [1.165, 1.54) is 0 Å². The van der Waals surface area contributed by atoms with Crippen LogP contribution in [-0.2, 0) is 21.4 Å². The fraction of sp³-hybridized carbons (Fsp3) is 0.778. The summed E-state index contributed by atoms with van der Waals surface area (Å²) in [6, 6.07) is 2.27. The average molecular weight is 336 g/mol. The van der Waals surface area contributed by atoms with E-state index >= 15 is 0 Å². The summed E-state index contributed by atoms with van der Waals surface area (Å²) in [5.74, 6) is 0.804. The molecule has 6 nitrogen and oxygen atoms in total. The normalized spacial score (nSPS) is 23.7. The van der Waals surface area contributed by atoms with Crippen molar-refractivity contribution in [1.82, 2.24) is 10.1 Å². The molecule has 3 rings (SSSR count). The van der Waals surface area contributed by atoms with Gasteiger partial charge in [-0.1, -0.05) is 19.0 Å². The Balaban J connectivity index is 1.63. The summed E-state index contributed by atoms with van der Waals surface area (Å²) in [6.45, 7) is 6.39. The number of ether oxygens (including phenoxy) is 1. The Bertz CT molecular complexity index is 563. The third kappa shape index (κ3) is 3.71. The zero-order valence-corrected chi connectivity index (χ0v) is 14.7. The number of likely N-dealkylation sites (tertiary alicyclic amines) is 1. The molecule has 0 bridgehead atoms. The minimum absolute atomic E-state index is 0.00687. The van der Waals surface area contributed by atoms with Crippen LogP contribution in [0.5, 0.6) is 0 Å². The van der Waals surface area contributed by atoms with Crippen molar-refractivity contribution in [2.45, 2.75) is 63.5 Å². The van der Waals surface area contributed by atoms with E-state index in [1.54, 1.807) is 0 Å². The molecule has 2 aliphatic rings. The van der Waals surface area contributed by atoms with Crippen molar-refractivity contribution in [2.75, 3.05) is 26.4 Å². The number of rotatable bonds is 6. The first-order valence-corrected chi connectivity index (χ1v) is 8.94. The number of hydrogen-bond donors (Lipinski definition) is 1. The summed E-state index contributed by atoms with van der Waals surface area (Å²) < 4.78 is 10.8. The lowest BCUT2D eigenvalue weighted by atomic mass is 9.90. The maximum atomic E-state index is 12.8. The first-order chi connectivity index (χ1) is 11.5. The third-order valence-electron chi connectivity index (χ3n) is 5.32. The number of aromatic nitrogens is 1. The van der Waals surface area contributed by atoms with Crippen LogP contribution in [0.25, 0.3) is 0 Å². The monoisotopic (exact) mass is 336 g/mol. The molecular weight excluding hydrogens is 308 g/mol. The van der Waals surface area contributed by atoms with Gasteiger partial charge in [-0.2, -0.15) is 0 Å². The van der Waals surface area contributed by atoms with Crippen LogP contribution >= 0.6 is 0 Å². The third-order valence-corrected chi connectivity index (χ3v) is 5.32. The molecule has 0 aliphatic carbocycles. The highest BCUT2D eigenvalue weighted by Gasteiger charge is 2.36. The van der Waals surface area contributed by atoms with E-state index in [9.17, 15) is 9.90 Å². The number of hydrogen-bond acceptors (Lipinski definition) is 6. The SMILES string of the molecule is CC(C)(CO)c1cc(CC(=O)[C@@H]2CCCN2C2CCOCC2)on1. The van der Waals surface area contributed by atoms with Gasteiger partial charge in [0.15, 0.2) is 5.78 Å². The fourth-order valence-corrected chi connectivity index (χ4v) is 3.67. The van der Waals surface area contributed by atoms with E-state index < -0.39 is 5.41 Å². The predicted octanol–water partition coefficient (Wildman–Crippen LogP) is 1.70. The van der Waals surface area contributed by atoms with Crippen molar-refractivity contribution in [3.63, 3.8) is 0 Å². The van der Waals surface area contributed by atoms with Crippen LogP contribution in [0.2, 0.25) is 0 Å². The van der Waals surface area contributed by atoms with Crippen LogP contribution in [0.1, 0.15) is 51.0 Å². The zero-order valence-electron chi connectivity index (χ0n) is 14.7. The molecule has 0 amide bonds. The molecule has 0 unspecified atom stereocenters. The van der Waals surface area contributed by atoms with Gasteiger partial charge in [0.05, 0.1) is 24.8 Å². The summed E-state index contributed by atoms with van der Waals surface area (Å²) in [4.78, 5) is 15.2. The van der Waals surface area contributed by atoms with Crippen LogP contribution in [0.3, 0.4) is 0 Å². The van der Waals surface area contributed by atoms with Crippen LogP contribution in [0, 0.1) is 0 Å². The summed E-state index contributed by atoms with van der Waals surface area (Å²) in [5, 5.41) is 13.5. The van der Waals surface area contributed by atoms with E-state index in [1.807, 2.05) is 19.9 Å². The molecule has 0 saturated carbocycles. The largest absolute Gasteiger partial charge is 0.395 e. The first-order valence-electron chi connectivity index (χ1n) is 8.94. The smallest absolute Gasteiger partial charge is 0.157 e. The Labute approximate surface area is 143 Å². The Kier molecular flexibility index (Phi) is 5.37. The van der Waals surface area contributed by atoms with Gasteiger partial charge in [-0.15, -0.1) is 0 Å². The molecule has 0 spiro atoms. The number of nitrogens with zero attached hydrogens (tertiary/aromatic N) is 2. The number of Topliss-reactive ketones (excluding diaryl/α,β-unsaturated/α-hetero) is 1. The molecule has 2 aliphatic heterocycles. The molecule has 2 saturated heterocycles. The lowest BCUT2D eigenvalue weighted by molar-refractivity contribution is -0.124. The molecule has 134 valence electrons. The lowest BCUT2D eigenvalue weighted by Gasteiger charge is -2.34. The number of carbonyl (C=O) groups is 1. The van der Waals surface area contributed by atoms with Crippen LogP contribution in [0.15, 0.2) is 10.6 Å². The van der Waals surface area contributed by atoms with Crippen molar-refractivity contribution < 1.29 is 19.2 Å². The van der Waals surface area contributed by atoms with E-state index in [-0.39, 0.29) is 24.9 Å². The summed E-state index contributed by atoms with van der Waals surface area (Å²) >= 11 is 0. The quantitative estimate of drug-likeness (QED) is 0.852. The summed E-state index contributed by atoms with van der Waals surface area (Å²) in [6.07, 6.45) is 4.31. The Morgan fingerprint density at radius 1 is 1.38 bits per heavy atom. The second kappa shape index (κ2) is 7.33. The van der Waals surface area contributed by atoms with Crippen molar-refractivity contribution in [2.24, 2.45) is 0 Å². The molecule has 2 fully saturated rings. The standard InChI is InChI=1S/C18H28N2O4/c1-18(2,12-21)17-11-14(24-19-17)10-16(22)15-4-3-7-20(15)13-5-8-23-9-6-13/h11,13,15,21H,3-10,12H2,1-2H3/t15-/m0/s1. The van der Waals surface area contributed by atoms with Gasteiger partial charge in [-0.05, 0) is 32.2 Å². The molecule has 0 radical (unpaired) electrons. The molecule has 0 aromatic carbocycles. The second-order valence-corrected chi connectivity index (χ2v) is 7.60.